The third-order valence-electron chi connectivity index (χ3n) is 5.23. The summed E-state index contributed by atoms with van der Waals surface area (Å²) in [5.41, 5.74) is -0.0925. The Labute approximate surface area is 202 Å². The van der Waals surface area contributed by atoms with E-state index in [4.69, 9.17) is 9.47 Å². The van der Waals surface area contributed by atoms with Crippen molar-refractivity contribution in [3.63, 3.8) is 0 Å². The molecular formula is C29H33NO4. The van der Waals surface area contributed by atoms with Crippen molar-refractivity contribution < 1.29 is 19.1 Å². The van der Waals surface area contributed by atoms with Crippen LogP contribution in [0.4, 0.5) is 0 Å². The third-order valence-corrected chi connectivity index (χ3v) is 5.23. The Morgan fingerprint density at radius 2 is 1.26 bits per heavy atom. The summed E-state index contributed by atoms with van der Waals surface area (Å²) >= 11 is 0. The Morgan fingerprint density at radius 3 is 1.79 bits per heavy atom. The van der Waals surface area contributed by atoms with E-state index in [2.05, 4.69) is 5.32 Å². The molecule has 5 heteroatoms. The third kappa shape index (κ3) is 7.48. The minimum absolute atomic E-state index is 0.290. The number of ether oxygens (including phenoxy) is 2. The minimum atomic E-state index is -1.28. The molecule has 0 bridgehead atoms. The minimum Gasteiger partial charge on any atom is -0.480 e. The molecule has 178 valence electrons. The van der Waals surface area contributed by atoms with Crippen LogP contribution in [0.2, 0.25) is 0 Å². The lowest BCUT2D eigenvalue weighted by molar-refractivity contribution is -0.164. The van der Waals surface area contributed by atoms with E-state index in [0.29, 0.717) is 12.2 Å². The van der Waals surface area contributed by atoms with Crippen molar-refractivity contribution in [2.75, 3.05) is 0 Å². The topological polar surface area (TPSA) is 64.6 Å². The van der Waals surface area contributed by atoms with Crippen LogP contribution in [0.5, 0.6) is 5.75 Å². The van der Waals surface area contributed by atoms with E-state index >= 15 is 0 Å². The number of carbonyl (C=O) groups excluding carboxylic acids is 2. The van der Waals surface area contributed by atoms with E-state index in [-0.39, 0.29) is 12.3 Å². The summed E-state index contributed by atoms with van der Waals surface area (Å²) in [7, 11) is 0. The van der Waals surface area contributed by atoms with Crippen molar-refractivity contribution >= 4 is 11.9 Å². The molecule has 0 aliphatic rings. The van der Waals surface area contributed by atoms with Gasteiger partial charge in [0.1, 0.15) is 16.9 Å². The Balaban J connectivity index is 1.88. The monoisotopic (exact) mass is 459 g/mol. The fraction of sp³-hybridized carbons (Fsp3) is 0.310. The van der Waals surface area contributed by atoms with Crippen molar-refractivity contribution in [3.05, 3.63) is 102 Å². The van der Waals surface area contributed by atoms with E-state index in [9.17, 15) is 9.59 Å². The van der Waals surface area contributed by atoms with Gasteiger partial charge >= 0.3 is 5.97 Å². The Hall–Kier alpha value is -3.60. The maximum atomic E-state index is 13.6. The van der Waals surface area contributed by atoms with Crippen LogP contribution in [-0.4, -0.2) is 29.1 Å². The molecule has 0 aromatic heterocycles. The smallest absolute Gasteiger partial charge is 0.332 e. The van der Waals surface area contributed by atoms with Gasteiger partial charge in [-0.15, -0.1) is 0 Å². The van der Waals surface area contributed by atoms with Crippen molar-refractivity contribution in [1.29, 1.82) is 0 Å². The summed E-state index contributed by atoms with van der Waals surface area (Å²) < 4.78 is 11.8. The van der Waals surface area contributed by atoms with Gasteiger partial charge in [0.15, 0.2) is 6.10 Å². The number of hydrogen-bond donors (Lipinski definition) is 1. The van der Waals surface area contributed by atoms with Crippen LogP contribution in [0, 0.1) is 0 Å². The first-order valence-electron chi connectivity index (χ1n) is 11.5. The number of amides is 1. The number of hydrogen-bond acceptors (Lipinski definition) is 4. The lowest BCUT2D eigenvalue weighted by Crippen LogP contribution is -2.58. The van der Waals surface area contributed by atoms with Crippen LogP contribution >= 0.6 is 0 Å². The Kier molecular flexibility index (Phi) is 8.11. The maximum absolute atomic E-state index is 13.6. The fourth-order valence-electron chi connectivity index (χ4n) is 3.59. The van der Waals surface area contributed by atoms with Crippen LogP contribution in [0.25, 0.3) is 0 Å². The number of esters is 1. The predicted octanol–water partition coefficient (Wildman–Crippen LogP) is 5.14. The van der Waals surface area contributed by atoms with Crippen LogP contribution in [0.1, 0.15) is 38.8 Å². The highest BCUT2D eigenvalue weighted by molar-refractivity contribution is 5.90. The van der Waals surface area contributed by atoms with Gasteiger partial charge in [-0.2, -0.15) is 0 Å². The average molecular weight is 460 g/mol. The first-order valence-corrected chi connectivity index (χ1v) is 11.5. The SMILES string of the molecule is CC(C)(C)OC(=O)[C@@](C)(Cc1ccccc1)NC(=O)[C@H](Cc1ccccc1)Oc1ccccc1. The van der Waals surface area contributed by atoms with Gasteiger partial charge in [-0.1, -0.05) is 78.9 Å². The van der Waals surface area contributed by atoms with Gasteiger partial charge in [-0.05, 0) is 51.0 Å². The molecule has 0 spiro atoms. The molecule has 0 fully saturated rings. The Morgan fingerprint density at radius 1 is 0.765 bits per heavy atom. The first kappa shape index (κ1) is 25.0. The zero-order valence-electron chi connectivity index (χ0n) is 20.3. The van der Waals surface area contributed by atoms with Crippen LogP contribution in [-0.2, 0) is 27.2 Å². The summed E-state index contributed by atoms with van der Waals surface area (Å²) in [4.78, 5) is 26.9. The van der Waals surface area contributed by atoms with E-state index < -0.39 is 23.2 Å². The second-order valence-corrected chi connectivity index (χ2v) is 9.59. The predicted molar refractivity (Wildman–Crippen MR) is 134 cm³/mol. The molecule has 0 unspecified atom stereocenters. The first-order chi connectivity index (χ1) is 16.1. The van der Waals surface area contributed by atoms with Crippen molar-refractivity contribution in [2.24, 2.45) is 0 Å². The number of nitrogens with one attached hydrogen (secondary N) is 1. The van der Waals surface area contributed by atoms with E-state index in [0.717, 1.165) is 11.1 Å². The molecule has 0 radical (unpaired) electrons. The van der Waals surface area contributed by atoms with Gasteiger partial charge in [0.05, 0.1) is 0 Å². The van der Waals surface area contributed by atoms with Gasteiger partial charge in [0.25, 0.3) is 5.91 Å². The highest BCUT2D eigenvalue weighted by Gasteiger charge is 2.40. The largest absolute Gasteiger partial charge is 0.480 e. The van der Waals surface area contributed by atoms with Crippen LogP contribution in [0.3, 0.4) is 0 Å². The molecule has 0 aliphatic heterocycles. The van der Waals surface area contributed by atoms with E-state index in [1.807, 2.05) is 112 Å². The maximum Gasteiger partial charge on any atom is 0.332 e. The number of carbonyl (C=O) groups is 2. The normalized spacial score (nSPS) is 13.9. The summed E-state index contributed by atoms with van der Waals surface area (Å²) in [5, 5.41) is 2.97. The second-order valence-electron chi connectivity index (χ2n) is 9.59. The van der Waals surface area contributed by atoms with Gasteiger partial charge in [-0.25, -0.2) is 4.79 Å². The van der Waals surface area contributed by atoms with Crippen molar-refractivity contribution in [2.45, 2.75) is 57.8 Å². The van der Waals surface area contributed by atoms with Gasteiger partial charge in [-0.3, -0.25) is 4.79 Å². The summed E-state index contributed by atoms with van der Waals surface area (Å²) in [6.45, 7) is 7.14. The fourth-order valence-corrected chi connectivity index (χ4v) is 3.59. The average Bonchev–Trinajstić information content (AvgIpc) is 2.79. The Bertz CT molecular complexity index is 1020. The molecule has 1 amide bonds. The molecular weight excluding hydrogens is 426 g/mol. The molecule has 3 aromatic rings. The zero-order chi connectivity index (χ0) is 24.6. The van der Waals surface area contributed by atoms with Crippen LogP contribution in [0.15, 0.2) is 91.0 Å². The summed E-state index contributed by atoms with van der Waals surface area (Å²) in [5.74, 6) is -0.284. The molecule has 3 aromatic carbocycles. The van der Waals surface area contributed by atoms with Gasteiger partial charge < -0.3 is 14.8 Å². The summed E-state index contributed by atoms with van der Waals surface area (Å²) in [6, 6.07) is 28.5. The summed E-state index contributed by atoms with van der Waals surface area (Å²) in [6.07, 6.45) is -0.183. The highest BCUT2D eigenvalue weighted by Crippen LogP contribution is 2.21. The second kappa shape index (κ2) is 11.0. The standard InChI is InChI=1S/C29H33NO4/c1-28(2,3)34-27(32)29(4,21-23-16-10-6-11-17-23)30-26(31)25(20-22-14-8-5-9-15-22)33-24-18-12-7-13-19-24/h5-19,25H,20-21H2,1-4H3,(H,30,31)/t25-,29+/m0/s1. The number of para-hydroxylation sites is 1. The molecule has 34 heavy (non-hydrogen) atoms. The number of rotatable bonds is 9. The van der Waals surface area contributed by atoms with Gasteiger partial charge in [0.2, 0.25) is 0 Å². The van der Waals surface area contributed by atoms with E-state index in [1.165, 1.54) is 0 Å². The molecule has 1 N–H and O–H groups in total. The molecule has 5 nitrogen and oxygen atoms in total. The number of benzene rings is 3. The van der Waals surface area contributed by atoms with Crippen molar-refractivity contribution in [1.82, 2.24) is 5.32 Å². The molecule has 3 rings (SSSR count). The highest BCUT2D eigenvalue weighted by atomic mass is 16.6. The molecule has 2 atom stereocenters. The van der Waals surface area contributed by atoms with Crippen molar-refractivity contribution in [3.8, 4) is 5.75 Å². The van der Waals surface area contributed by atoms with E-state index in [1.54, 1.807) is 6.92 Å². The lowest BCUT2D eigenvalue weighted by Gasteiger charge is -2.33. The molecule has 0 saturated heterocycles. The molecule has 0 aliphatic carbocycles. The van der Waals surface area contributed by atoms with Crippen LogP contribution < -0.4 is 10.1 Å². The molecule has 0 saturated carbocycles. The lowest BCUT2D eigenvalue weighted by atomic mass is 9.91. The quantitative estimate of drug-likeness (QED) is 0.450. The zero-order valence-corrected chi connectivity index (χ0v) is 20.3. The van der Waals surface area contributed by atoms with Gasteiger partial charge in [0, 0.05) is 12.8 Å². The molecule has 0 heterocycles.